The molecule has 0 fully saturated rings. The van der Waals surface area contributed by atoms with E-state index in [1.807, 2.05) is 0 Å². The van der Waals surface area contributed by atoms with E-state index < -0.39 is 34.9 Å². The van der Waals surface area contributed by atoms with E-state index in [2.05, 4.69) is 4.74 Å². The summed E-state index contributed by atoms with van der Waals surface area (Å²) in [5.74, 6) is -3.95. The number of carbonyl (C=O) groups is 1. The molecule has 1 aromatic carbocycles. The molecule has 0 aliphatic rings. The number of hydrogen-bond acceptors (Lipinski definition) is 3. The summed E-state index contributed by atoms with van der Waals surface area (Å²) < 4.78 is 44.6. The lowest BCUT2D eigenvalue weighted by atomic mass is 9.90. The minimum Gasteiger partial charge on any atom is -0.464 e. The van der Waals surface area contributed by atoms with E-state index in [0.717, 1.165) is 25.1 Å². The van der Waals surface area contributed by atoms with Gasteiger partial charge < -0.3 is 9.84 Å². The van der Waals surface area contributed by atoms with Gasteiger partial charge in [0.25, 0.3) is 0 Å². The van der Waals surface area contributed by atoms with Gasteiger partial charge in [-0.2, -0.15) is 0 Å². The molecular formula is C12H13F3O3. The summed E-state index contributed by atoms with van der Waals surface area (Å²) in [6.07, 6.45) is -2.51. The van der Waals surface area contributed by atoms with Crippen molar-refractivity contribution in [2.75, 3.05) is 6.61 Å². The quantitative estimate of drug-likeness (QED) is 0.845. The second-order valence-corrected chi connectivity index (χ2v) is 3.86. The molecule has 1 rings (SSSR count). The van der Waals surface area contributed by atoms with Crippen LogP contribution in [0.25, 0.3) is 0 Å². The van der Waals surface area contributed by atoms with Gasteiger partial charge in [0, 0.05) is 5.56 Å². The van der Waals surface area contributed by atoms with Gasteiger partial charge in [-0.1, -0.05) is 12.1 Å². The van der Waals surface area contributed by atoms with E-state index in [-0.39, 0.29) is 6.61 Å². The highest BCUT2D eigenvalue weighted by atomic mass is 19.2. The highest BCUT2D eigenvalue weighted by molar-refractivity contribution is 5.76. The summed E-state index contributed by atoms with van der Waals surface area (Å²) in [6.45, 7) is 2.26. The molecule has 0 aliphatic heterocycles. The van der Waals surface area contributed by atoms with Crippen molar-refractivity contribution in [1.29, 1.82) is 0 Å². The zero-order chi connectivity index (χ0) is 13.9. The van der Waals surface area contributed by atoms with Gasteiger partial charge >= 0.3 is 5.97 Å². The third kappa shape index (κ3) is 2.64. The smallest absolute Gasteiger partial charge is 0.344 e. The lowest BCUT2D eigenvalue weighted by Gasteiger charge is -2.26. The van der Waals surface area contributed by atoms with Gasteiger partial charge in [-0.3, -0.25) is 0 Å². The molecule has 0 aliphatic carbocycles. The number of ether oxygens (including phenoxy) is 1. The van der Waals surface area contributed by atoms with Crippen LogP contribution in [0.3, 0.4) is 0 Å². The molecule has 0 saturated heterocycles. The van der Waals surface area contributed by atoms with Crippen LogP contribution in [0.2, 0.25) is 0 Å². The van der Waals surface area contributed by atoms with Crippen molar-refractivity contribution in [3.8, 4) is 0 Å². The van der Waals surface area contributed by atoms with E-state index in [0.29, 0.717) is 0 Å². The summed E-state index contributed by atoms with van der Waals surface area (Å²) >= 11 is 0. The number of esters is 1. The molecule has 1 N–H and O–H groups in total. The number of aliphatic hydroxyl groups is 1. The highest BCUT2D eigenvalue weighted by Gasteiger charge is 2.42. The van der Waals surface area contributed by atoms with Crippen LogP contribution in [0.5, 0.6) is 0 Å². The largest absolute Gasteiger partial charge is 0.464 e. The van der Waals surface area contributed by atoms with Crippen molar-refractivity contribution in [2.45, 2.75) is 25.6 Å². The predicted molar refractivity (Wildman–Crippen MR) is 57.5 cm³/mol. The van der Waals surface area contributed by atoms with Crippen molar-refractivity contribution in [3.63, 3.8) is 0 Å². The first-order valence-corrected chi connectivity index (χ1v) is 5.30. The van der Waals surface area contributed by atoms with Gasteiger partial charge in [-0.25, -0.2) is 18.0 Å². The maximum Gasteiger partial charge on any atom is 0.344 e. The number of alkyl halides is 1. The van der Waals surface area contributed by atoms with Crippen molar-refractivity contribution >= 4 is 5.97 Å². The van der Waals surface area contributed by atoms with Crippen molar-refractivity contribution in [2.24, 2.45) is 0 Å². The van der Waals surface area contributed by atoms with Crippen LogP contribution in [0, 0.1) is 11.6 Å². The number of rotatable bonds is 4. The Morgan fingerprint density at radius 2 is 2.11 bits per heavy atom. The van der Waals surface area contributed by atoms with Crippen LogP contribution >= 0.6 is 0 Å². The van der Waals surface area contributed by atoms with Gasteiger partial charge in [0.1, 0.15) is 5.60 Å². The van der Waals surface area contributed by atoms with Crippen LogP contribution in [-0.4, -0.2) is 23.9 Å². The topological polar surface area (TPSA) is 46.5 Å². The number of halogens is 3. The highest BCUT2D eigenvalue weighted by Crippen LogP contribution is 2.30. The van der Waals surface area contributed by atoms with Gasteiger partial charge in [0.05, 0.1) is 6.61 Å². The summed E-state index contributed by atoms with van der Waals surface area (Å²) in [6, 6.07) is 2.94. The molecular weight excluding hydrogens is 249 g/mol. The van der Waals surface area contributed by atoms with Crippen LogP contribution in [0.4, 0.5) is 13.2 Å². The third-order valence-corrected chi connectivity index (χ3v) is 2.48. The normalized spacial score (nSPS) is 15.9. The summed E-state index contributed by atoms with van der Waals surface area (Å²) in [7, 11) is 0. The standard InChI is InChI=1S/C12H13F3O3/c1-3-18-11(16)10(15)12(2,17)7-5-4-6-8(13)9(7)14/h4-6,10,17H,3H2,1-2H3. The molecule has 0 heterocycles. The predicted octanol–water partition coefficient (Wildman–Crippen LogP) is 2.07. The van der Waals surface area contributed by atoms with E-state index in [4.69, 9.17) is 0 Å². The first kappa shape index (κ1) is 14.5. The SMILES string of the molecule is CCOC(=O)C(F)C(C)(O)c1cccc(F)c1F. The Bertz CT molecular complexity index is 446. The Labute approximate surface area is 102 Å². The van der Waals surface area contributed by atoms with Gasteiger partial charge in [0.2, 0.25) is 6.17 Å². The zero-order valence-electron chi connectivity index (χ0n) is 9.91. The Balaban J connectivity index is 3.12. The van der Waals surface area contributed by atoms with Crippen molar-refractivity contribution < 1.29 is 27.8 Å². The minimum atomic E-state index is -2.51. The van der Waals surface area contributed by atoms with Crippen molar-refractivity contribution in [1.82, 2.24) is 0 Å². The van der Waals surface area contributed by atoms with Crippen LogP contribution in [-0.2, 0) is 15.1 Å². The van der Waals surface area contributed by atoms with E-state index in [1.165, 1.54) is 6.92 Å². The molecule has 0 bridgehead atoms. The average Bonchev–Trinajstić information content (AvgIpc) is 2.31. The molecule has 18 heavy (non-hydrogen) atoms. The maximum atomic E-state index is 13.7. The molecule has 2 unspecified atom stereocenters. The lowest BCUT2D eigenvalue weighted by molar-refractivity contribution is -0.160. The van der Waals surface area contributed by atoms with Crippen LogP contribution in [0.1, 0.15) is 19.4 Å². The Morgan fingerprint density at radius 1 is 1.50 bits per heavy atom. The molecule has 0 radical (unpaired) electrons. The monoisotopic (exact) mass is 262 g/mol. The second kappa shape index (κ2) is 5.39. The Kier molecular flexibility index (Phi) is 4.34. The van der Waals surface area contributed by atoms with E-state index >= 15 is 0 Å². The molecule has 3 nitrogen and oxygen atoms in total. The second-order valence-electron chi connectivity index (χ2n) is 3.86. The summed E-state index contributed by atoms with van der Waals surface area (Å²) in [5.41, 5.74) is -3.14. The number of hydrogen-bond donors (Lipinski definition) is 1. The fourth-order valence-corrected chi connectivity index (χ4v) is 1.48. The van der Waals surface area contributed by atoms with Crippen molar-refractivity contribution in [3.05, 3.63) is 35.4 Å². The molecule has 6 heteroatoms. The Morgan fingerprint density at radius 3 is 2.67 bits per heavy atom. The molecule has 1 aromatic rings. The van der Waals surface area contributed by atoms with Gasteiger partial charge in [-0.15, -0.1) is 0 Å². The number of benzene rings is 1. The van der Waals surface area contributed by atoms with Gasteiger partial charge in [0.15, 0.2) is 11.6 Å². The molecule has 0 saturated carbocycles. The molecule has 0 aromatic heterocycles. The van der Waals surface area contributed by atoms with Crippen LogP contribution < -0.4 is 0 Å². The molecule has 2 atom stereocenters. The fraction of sp³-hybridized carbons (Fsp3) is 0.417. The Hall–Kier alpha value is -1.56. The third-order valence-electron chi connectivity index (χ3n) is 2.48. The first-order chi connectivity index (χ1) is 8.32. The van der Waals surface area contributed by atoms with Gasteiger partial charge in [-0.05, 0) is 19.9 Å². The maximum absolute atomic E-state index is 13.7. The van der Waals surface area contributed by atoms with Crippen LogP contribution in [0.15, 0.2) is 18.2 Å². The first-order valence-electron chi connectivity index (χ1n) is 5.30. The minimum absolute atomic E-state index is 0.0824. The van der Waals surface area contributed by atoms with E-state index in [9.17, 15) is 23.1 Å². The zero-order valence-corrected chi connectivity index (χ0v) is 9.91. The molecule has 0 amide bonds. The average molecular weight is 262 g/mol. The lowest BCUT2D eigenvalue weighted by Crippen LogP contribution is -2.41. The number of carbonyl (C=O) groups excluding carboxylic acids is 1. The fourth-order valence-electron chi connectivity index (χ4n) is 1.48. The molecule has 0 spiro atoms. The van der Waals surface area contributed by atoms with E-state index in [1.54, 1.807) is 0 Å². The molecule has 100 valence electrons. The summed E-state index contributed by atoms with van der Waals surface area (Å²) in [5, 5.41) is 9.87. The summed E-state index contributed by atoms with van der Waals surface area (Å²) in [4.78, 5) is 11.2.